The molecule has 0 aliphatic carbocycles. The molecular formula is C21H32N6O4. The summed E-state index contributed by atoms with van der Waals surface area (Å²) in [4.78, 5) is 22.6. The Balaban J connectivity index is 1.27. The van der Waals surface area contributed by atoms with E-state index in [0.29, 0.717) is 19.0 Å². The number of amides is 1. The van der Waals surface area contributed by atoms with Crippen molar-refractivity contribution in [3.63, 3.8) is 0 Å². The second kappa shape index (κ2) is 8.97. The molecule has 0 spiro atoms. The number of fused-ring (bicyclic) bond motifs is 1. The van der Waals surface area contributed by atoms with Crippen LogP contribution >= 0.6 is 0 Å². The molecule has 2 aromatic rings. The van der Waals surface area contributed by atoms with Crippen molar-refractivity contribution in [2.45, 2.75) is 57.6 Å². The minimum atomic E-state index is -0.511. The molecule has 2 fully saturated rings. The largest absolute Gasteiger partial charge is 0.444 e. The van der Waals surface area contributed by atoms with Gasteiger partial charge in [0.1, 0.15) is 29.6 Å². The minimum Gasteiger partial charge on any atom is -0.444 e. The Kier molecular flexibility index (Phi) is 6.31. The van der Waals surface area contributed by atoms with Gasteiger partial charge in [0.15, 0.2) is 0 Å². The van der Waals surface area contributed by atoms with Crippen molar-refractivity contribution in [1.82, 2.24) is 24.8 Å². The lowest BCUT2D eigenvalue weighted by Gasteiger charge is -2.34. The standard InChI is InChI=1S/C21H32N6O4/c1-21(2,3)31-20(28)23-10-15-12-26(8-9-29-15)11-14-4-5-17(30-14)27-7-6-16-18(22)24-13-25-19(16)27/h6-7,13-15,17H,4-5,8-12H2,1-3H3,(H,23,28)(H2,22,24,25). The zero-order valence-electron chi connectivity index (χ0n) is 18.4. The quantitative estimate of drug-likeness (QED) is 0.736. The molecule has 0 aromatic carbocycles. The minimum absolute atomic E-state index is 0.0533. The summed E-state index contributed by atoms with van der Waals surface area (Å²) in [7, 11) is 0. The Bertz CT molecular complexity index is 911. The topological polar surface area (TPSA) is 117 Å². The maximum atomic E-state index is 11.9. The van der Waals surface area contributed by atoms with Crippen molar-refractivity contribution in [3.05, 3.63) is 18.6 Å². The van der Waals surface area contributed by atoms with Gasteiger partial charge in [0.05, 0.1) is 24.2 Å². The number of morpholine rings is 1. The van der Waals surface area contributed by atoms with Gasteiger partial charge in [-0.3, -0.25) is 4.90 Å². The first-order chi connectivity index (χ1) is 14.8. The lowest BCUT2D eigenvalue weighted by atomic mass is 10.2. The van der Waals surface area contributed by atoms with Gasteiger partial charge < -0.3 is 29.8 Å². The fourth-order valence-corrected chi connectivity index (χ4v) is 4.12. The summed E-state index contributed by atoms with van der Waals surface area (Å²) < 4.78 is 19.5. The number of nitrogens with zero attached hydrogens (tertiary/aromatic N) is 4. The third kappa shape index (κ3) is 5.44. The molecule has 4 rings (SSSR count). The maximum absolute atomic E-state index is 11.9. The Hall–Kier alpha value is -2.43. The smallest absolute Gasteiger partial charge is 0.407 e. The summed E-state index contributed by atoms with van der Waals surface area (Å²) in [5.41, 5.74) is 6.24. The molecule has 1 amide bonds. The number of nitrogens with two attached hydrogens (primary N) is 1. The number of nitrogens with one attached hydrogen (secondary N) is 1. The molecule has 0 saturated carbocycles. The van der Waals surface area contributed by atoms with Gasteiger partial charge in [-0.25, -0.2) is 14.8 Å². The number of nitrogen functional groups attached to an aromatic ring is 1. The second-order valence-electron chi connectivity index (χ2n) is 9.14. The van der Waals surface area contributed by atoms with Gasteiger partial charge in [0.25, 0.3) is 0 Å². The van der Waals surface area contributed by atoms with E-state index in [0.717, 1.165) is 43.5 Å². The van der Waals surface area contributed by atoms with Crippen molar-refractivity contribution in [1.29, 1.82) is 0 Å². The van der Waals surface area contributed by atoms with Crippen LogP contribution in [0.3, 0.4) is 0 Å². The Morgan fingerprint density at radius 3 is 2.97 bits per heavy atom. The first-order valence-electron chi connectivity index (χ1n) is 10.8. The van der Waals surface area contributed by atoms with Crippen LogP contribution in [0.5, 0.6) is 0 Å². The predicted octanol–water partition coefficient (Wildman–Crippen LogP) is 1.92. The van der Waals surface area contributed by atoms with Crippen LogP contribution in [0.15, 0.2) is 18.6 Å². The molecule has 2 aromatic heterocycles. The number of hydrogen-bond acceptors (Lipinski definition) is 8. The van der Waals surface area contributed by atoms with Crippen LogP contribution in [0.2, 0.25) is 0 Å². The highest BCUT2D eigenvalue weighted by Gasteiger charge is 2.31. The third-order valence-electron chi connectivity index (χ3n) is 5.49. The van der Waals surface area contributed by atoms with Crippen molar-refractivity contribution >= 4 is 22.9 Å². The molecule has 4 heterocycles. The van der Waals surface area contributed by atoms with E-state index in [1.165, 1.54) is 6.33 Å². The van der Waals surface area contributed by atoms with E-state index in [9.17, 15) is 4.79 Å². The maximum Gasteiger partial charge on any atom is 0.407 e. The van der Waals surface area contributed by atoms with E-state index >= 15 is 0 Å². The molecule has 170 valence electrons. The number of carbonyl (C=O) groups is 1. The number of aromatic nitrogens is 3. The van der Waals surface area contributed by atoms with Crippen LogP contribution < -0.4 is 11.1 Å². The van der Waals surface area contributed by atoms with Crippen LogP contribution in [0, 0.1) is 0 Å². The molecule has 10 heteroatoms. The van der Waals surface area contributed by atoms with Crippen LogP contribution in [0.1, 0.15) is 39.8 Å². The molecule has 3 unspecified atom stereocenters. The average Bonchev–Trinajstić information content (AvgIpc) is 3.33. The number of rotatable bonds is 5. The van der Waals surface area contributed by atoms with E-state index in [-0.39, 0.29) is 18.4 Å². The van der Waals surface area contributed by atoms with Crippen molar-refractivity contribution in [3.8, 4) is 0 Å². The van der Waals surface area contributed by atoms with Gasteiger partial charge in [-0.05, 0) is 39.7 Å². The zero-order chi connectivity index (χ0) is 22.0. The highest BCUT2D eigenvalue weighted by atomic mass is 16.6. The lowest BCUT2D eigenvalue weighted by Crippen LogP contribution is -2.49. The molecule has 2 aliphatic rings. The summed E-state index contributed by atoms with van der Waals surface area (Å²) in [6, 6.07) is 1.94. The molecule has 0 radical (unpaired) electrons. The summed E-state index contributed by atoms with van der Waals surface area (Å²) >= 11 is 0. The number of ether oxygens (including phenoxy) is 3. The monoisotopic (exact) mass is 432 g/mol. The first kappa shape index (κ1) is 21.8. The van der Waals surface area contributed by atoms with E-state index in [2.05, 4.69) is 20.2 Å². The van der Waals surface area contributed by atoms with Gasteiger partial charge in [0, 0.05) is 32.4 Å². The normalized spacial score (nSPS) is 25.1. The van der Waals surface area contributed by atoms with Gasteiger partial charge in [-0.15, -0.1) is 0 Å². The summed E-state index contributed by atoms with van der Waals surface area (Å²) in [6.07, 6.45) is 4.96. The zero-order valence-corrected chi connectivity index (χ0v) is 18.4. The Labute approximate surface area is 182 Å². The molecular weight excluding hydrogens is 400 g/mol. The SMILES string of the molecule is CC(C)(C)OC(=O)NCC1CN(CC2CCC(n3ccc4c(N)ncnc43)O2)CCO1. The molecule has 10 nitrogen and oxygen atoms in total. The van der Waals surface area contributed by atoms with E-state index in [4.69, 9.17) is 19.9 Å². The molecule has 0 bridgehead atoms. The highest BCUT2D eigenvalue weighted by Crippen LogP contribution is 2.32. The van der Waals surface area contributed by atoms with E-state index in [1.807, 2.05) is 37.6 Å². The molecule has 3 N–H and O–H groups in total. The molecule has 2 saturated heterocycles. The van der Waals surface area contributed by atoms with Crippen molar-refractivity contribution in [2.24, 2.45) is 0 Å². The van der Waals surface area contributed by atoms with Crippen LogP contribution in [-0.4, -0.2) is 76.1 Å². The predicted molar refractivity (Wildman–Crippen MR) is 116 cm³/mol. The Morgan fingerprint density at radius 2 is 2.16 bits per heavy atom. The molecule has 3 atom stereocenters. The number of carbonyl (C=O) groups excluding carboxylic acids is 1. The number of alkyl carbamates (subject to hydrolysis) is 1. The summed E-state index contributed by atoms with van der Waals surface area (Å²) in [6.45, 7) is 9.03. The highest BCUT2D eigenvalue weighted by molar-refractivity contribution is 5.86. The van der Waals surface area contributed by atoms with Crippen LogP contribution in [-0.2, 0) is 14.2 Å². The van der Waals surface area contributed by atoms with Crippen LogP contribution in [0.25, 0.3) is 11.0 Å². The van der Waals surface area contributed by atoms with Crippen molar-refractivity contribution in [2.75, 3.05) is 38.5 Å². The fourth-order valence-electron chi connectivity index (χ4n) is 4.12. The summed E-state index contributed by atoms with van der Waals surface area (Å²) in [5.74, 6) is 0.484. The van der Waals surface area contributed by atoms with Gasteiger partial charge >= 0.3 is 6.09 Å². The lowest BCUT2D eigenvalue weighted by molar-refractivity contribution is -0.0574. The Morgan fingerprint density at radius 1 is 1.32 bits per heavy atom. The summed E-state index contributed by atoms with van der Waals surface area (Å²) in [5, 5.41) is 3.65. The van der Waals surface area contributed by atoms with Gasteiger partial charge in [-0.2, -0.15) is 0 Å². The van der Waals surface area contributed by atoms with Gasteiger partial charge in [0.2, 0.25) is 0 Å². The van der Waals surface area contributed by atoms with Gasteiger partial charge in [-0.1, -0.05) is 0 Å². The van der Waals surface area contributed by atoms with E-state index < -0.39 is 11.7 Å². The molecule has 31 heavy (non-hydrogen) atoms. The average molecular weight is 433 g/mol. The molecule has 2 aliphatic heterocycles. The number of hydrogen-bond donors (Lipinski definition) is 2. The number of anilines is 1. The van der Waals surface area contributed by atoms with Crippen molar-refractivity contribution < 1.29 is 19.0 Å². The van der Waals surface area contributed by atoms with Crippen LogP contribution in [0.4, 0.5) is 10.6 Å². The first-order valence-corrected chi connectivity index (χ1v) is 10.8. The second-order valence-corrected chi connectivity index (χ2v) is 9.14. The third-order valence-corrected chi connectivity index (χ3v) is 5.49. The fraction of sp³-hybridized carbons (Fsp3) is 0.667. The van der Waals surface area contributed by atoms with E-state index in [1.54, 1.807) is 0 Å².